The lowest BCUT2D eigenvalue weighted by molar-refractivity contribution is 0.469. The number of hydrogen-bond donors (Lipinski definition) is 1. The fourth-order valence-electron chi connectivity index (χ4n) is 0.590. The molecule has 0 heterocycles. The van der Waals surface area contributed by atoms with Crippen molar-refractivity contribution in [2.24, 2.45) is 15.8 Å². The molecule has 0 saturated heterocycles. The van der Waals surface area contributed by atoms with E-state index in [0.717, 1.165) is 12.4 Å². The Morgan fingerprint density at radius 2 is 2.30 bits per heavy atom. The van der Waals surface area contributed by atoms with Crippen LogP contribution >= 0.6 is 0 Å². The van der Waals surface area contributed by atoms with Gasteiger partial charge in [0.15, 0.2) is 0 Å². The highest BCUT2D eigenvalue weighted by Crippen LogP contribution is 1.89. The topological polar surface area (TPSA) is 54.0 Å². The minimum atomic E-state index is 0.789. The molecule has 0 aliphatic carbocycles. The van der Waals surface area contributed by atoms with Crippen molar-refractivity contribution in [1.29, 1.82) is 0 Å². The van der Waals surface area contributed by atoms with Crippen molar-refractivity contribution in [2.45, 2.75) is 13.8 Å². The Bertz CT molecular complexity index is 139. The molecule has 0 radical (unpaired) electrons. The second-order valence-corrected chi connectivity index (χ2v) is 1.75. The van der Waals surface area contributed by atoms with Gasteiger partial charge in [-0.15, -0.1) is 0 Å². The smallest absolute Gasteiger partial charge is 0.116 e. The molecule has 0 fully saturated rings. The zero-order valence-corrected chi connectivity index (χ0v) is 6.70. The molecule has 2 N–H and O–H groups in total. The average molecular weight is 142 g/mol. The molecule has 0 aliphatic rings. The van der Waals surface area contributed by atoms with Crippen molar-refractivity contribution in [2.75, 3.05) is 13.6 Å². The van der Waals surface area contributed by atoms with Gasteiger partial charge in [0.25, 0.3) is 0 Å². The molecule has 0 aromatic carbocycles. The normalized spacial score (nSPS) is 12.5. The lowest BCUT2D eigenvalue weighted by atomic mass is 10.6. The molecule has 0 aromatic heterocycles. The van der Waals surface area contributed by atoms with Crippen molar-refractivity contribution >= 4 is 12.2 Å². The highest BCUT2D eigenvalue weighted by atomic mass is 15.5. The minimum Gasteiger partial charge on any atom is -0.388 e. The second-order valence-electron chi connectivity index (χ2n) is 1.75. The van der Waals surface area contributed by atoms with Gasteiger partial charge >= 0.3 is 0 Å². The quantitative estimate of drug-likeness (QED) is 0.341. The summed E-state index contributed by atoms with van der Waals surface area (Å²) in [4.78, 5) is 3.95. The van der Waals surface area contributed by atoms with Crippen LogP contribution in [0.1, 0.15) is 13.8 Å². The maximum Gasteiger partial charge on any atom is 0.116 e. The van der Waals surface area contributed by atoms with Gasteiger partial charge in [-0.2, -0.15) is 5.10 Å². The van der Waals surface area contributed by atoms with Crippen LogP contribution in [0.3, 0.4) is 0 Å². The van der Waals surface area contributed by atoms with Gasteiger partial charge in [0, 0.05) is 13.6 Å². The number of hydrazone groups is 1. The van der Waals surface area contributed by atoms with Crippen LogP contribution < -0.4 is 5.73 Å². The molecular formula is C6H14N4. The second kappa shape index (κ2) is 4.78. The summed E-state index contributed by atoms with van der Waals surface area (Å²) in [5.41, 5.74) is 5.11. The van der Waals surface area contributed by atoms with Crippen LogP contribution in [0, 0.1) is 0 Å². The molecule has 0 unspecified atom stereocenters. The van der Waals surface area contributed by atoms with Crippen molar-refractivity contribution in [3.63, 3.8) is 0 Å². The first kappa shape index (κ1) is 8.94. The van der Waals surface area contributed by atoms with Gasteiger partial charge in [0.2, 0.25) is 0 Å². The minimum absolute atomic E-state index is 0.789. The van der Waals surface area contributed by atoms with E-state index in [1.807, 2.05) is 13.8 Å². The van der Waals surface area contributed by atoms with Crippen LogP contribution in [-0.4, -0.2) is 30.8 Å². The van der Waals surface area contributed by atoms with Gasteiger partial charge in [-0.1, -0.05) is 0 Å². The molecule has 0 saturated carbocycles. The monoisotopic (exact) mass is 142 g/mol. The Kier molecular flexibility index (Phi) is 4.28. The standard InChI is InChI=1S/C6H14N4/c1-4-10(9-5-7)6(2)8-3/h5H,4H2,1-3H3,(H2,7,9)/b8-6-. The molecule has 0 rings (SSSR count). The van der Waals surface area contributed by atoms with Gasteiger partial charge in [-0.25, -0.2) is 0 Å². The Morgan fingerprint density at radius 3 is 2.60 bits per heavy atom. The SMILES string of the molecule is CCN(/N=C\N)/C(C)=N\C. The first-order valence-electron chi connectivity index (χ1n) is 3.21. The summed E-state index contributed by atoms with van der Waals surface area (Å²) < 4.78 is 0. The zero-order chi connectivity index (χ0) is 7.98. The summed E-state index contributed by atoms with van der Waals surface area (Å²) >= 11 is 0. The molecule has 0 aliphatic heterocycles. The maximum absolute atomic E-state index is 5.11. The largest absolute Gasteiger partial charge is 0.388 e. The van der Waals surface area contributed by atoms with Crippen LogP contribution in [0.4, 0.5) is 0 Å². The Morgan fingerprint density at radius 1 is 1.70 bits per heavy atom. The van der Waals surface area contributed by atoms with E-state index in [1.54, 1.807) is 12.1 Å². The molecular weight excluding hydrogens is 128 g/mol. The predicted octanol–water partition coefficient (Wildman–Crippen LogP) is 0.259. The van der Waals surface area contributed by atoms with Crippen molar-refractivity contribution < 1.29 is 0 Å². The van der Waals surface area contributed by atoms with E-state index in [9.17, 15) is 0 Å². The van der Waals surface area contributed by atoms with E-state index in [1.165, 1.54) is 6.34 Å². The van der Waals surface area contributed by atoms with Crippen LogP contribution in [0.25, 0.3) is 0 Å². The van der Waals surface area contributed by atoms with Gasteiger partial charge in [-0.3, -0.25) is 10.0 Å². The number of hydrogen-bond acceptors (Lipinski definition) is 2. The summed E-state index contributed by atoms with van der Waals surface area (Å²) in [6.07, 6.45) is 1.26. The van der Waals surface area contributed by atoms with Gasteiger partial charge in [-0.05, 0) is 13.8 Å². The van der Waals surface area contributed by atoms with E-state index in [4.69, 9.17) is 5.73 Å². The molecule has 4 heteroatoms. The Balaban J connectivity index is 4.06. The van der Waals surface area contributed by atoms with E-state index in [2.05, 4.69) is 10.1 Å². The first-order valence-corrected chi connectivity index (χ1v) is 3.21. The maximum atomic E-state index is 5.11. The fourth-order valence-corrected chi connectivity index (χ4v) is 0.590. The molecule has 0 bridgehead atoms. The molecule has 0 atom stereocenters. The fraction of sp³-hybridized carbons (Fsp3) is 0.667. The molecule has 0 amide bonds. The number of amidine groups is 1. The van der Waals surface area contributed by atoms with Crippen LogP contribution in [0.2, 0.25) is 0 Å². The summed E-state index contributed by atoms with van der Waals surface area (Å²) in [5, 5.41) is 5.59. The van der Waals surface area contributed by atoms with Crippen LogP contribution in [0.5, 0.6) is 0 Å². The van der Waals surface area contributed by atoms with Crippen LogP contribution in [-0.2, 0) is 0 Å². The van der Waals surface area contributed by atoms with Crippen LogP contribution in [0.15, 0.2) is 10.1 Å². The van der Waals surface area contributed by atoms with Crippen molar-refractivity contribution in [3.05, 3.63) is 0 Å². The number of aliphatic imine (C=N–C) groups is 1. The predicted molar refractivity (Wildman–Crippen MR) is 44.1 cm³/mol. The highest BCUT2D eigenvalue weighted by Gasteiger charge is 1.97. The van der Waals surface area contributed by atoms with Crippen molar-refractivity contribution in [3.8, 4) is 0 Å². The third-order valence-corrected chi connectivity index (χ3v) is 1.20. The third-order valence-electron chi connectivity index (χ3n) is 1.20. The van der Waals surface area contributed by atoms with E-state index < -0.39 is 0 Å². The highest BCUT2D eigenvalue weighted by molar-refractivity contribution is 5.79. The lowest BCUT2D eigenvalue weighted by Crippen LogP contribution is -2.23. The Hall–Kier alpha value is -1.06. The lowest BCUT2D eigenvalue weighted by Gasteiger charge is -2.14. The summed E-state index contributed by atoms with van der Waals surface area (Å²) in [6.45, 7) is 4.66. The first-order chi connectivity index (χ1) is 4.76. The van der Waals surface area contributed by atoms with E-state index >= 15 is 0 Å². The average Bonchev–Trinajstić information content (AvgIpc) is 1.99. The van der Waals surface area contributed by atoms with Gasteiger partial charge in [0.1, 0.15) is 12.2 Å². The number of nitrogens with two attached hydrogens (primary N) is 1. The van der Waals surface area contributed by atoms with E-state index in [0.29, 0.717) is 0 Å². The van der Waals surface area contributed by atoms with E-state index in [-0.39, 0.29) is 0 Å². The Labute approximate surface area is 61.4 Å². The molecule has 10 heavy (non-hydrogen) atoms. The summed E-state index contributed by atoms with van der Waals surface area (Å²) in [5.74, 6) is 0.865. The molecule has 4 nitrogen and oxygen atoms in total. The number of nitrogens with zero attached hydrogens (tertiary/aromatic N) is 3. The molecule has 0 aromatic rings. The van der Waals surface area contributed by atoms with Crippen molar-refractivity contribution in [1.82, 2.24) is 5.01 Å². The zero-order valence-electron chi connectivity index (χ0n) is 6.70. The molecule has 0 spiro atoms. The summed E-state index contributed by atoms with van der Waals surface area (Å²) in [6, 6.07) is 0. The van der Waals surface area contributed by atoms with Gasteiger partial charge in [0.05, 0.1) is 0 Å². The summed E-state index contributed by atoms with van der Waals surface area (Å²) in [7, 11) is 1.73. The van der Waals surface area contributed by atoms with Gasteiger partial charge < -0.3 is 5.73 Å². The molecule has 58 valence electrons. The third kappa shape index (κ3) is 2.48. The number of rotatable bonds is 2.